The minimum Gasteiger partial charge on any atom is -0.494 e. The molecule has 0 spiro atoms. The van der Waals surface area contributed by atoms with Crippen LogP contribution >= 0.6 is 11.3 Å². The number of ether oxygens (including phenoxy) is 1. The fraction of sp³-hybridized carbons (Fsp3) is 0.333. The molecule has 96 valence electrons. The van der Waals surface area contributed by atoms with Crippen molar-refractivity contribution < 1.29 is 4.74 Å². The van der Waals surface area contributed by atoms with Crippen molar-refractivity contribution >= 4 is 11.3 Å². The summed E-state index contributed by atoms with van der Waals surface area (Å²) in [5, 5.41) is 7.86. The molecule has 1 aromatic heterocycles. The van der Waals surface area contributed by atoms with Crippen molar-refractivity contribution in [3.8, 4) is 5.75 Å². The highest BCUT2D eigenvalue weighted by atomic mass is 32.1. The molecule has 0 bridgehead atoms. The van der Waals surface area contributed by atoms with E-state index in [2.05, 4.69) is 35.1 Å². The fourth-order valence-electron chi connectivity index (χ4n) is 1.82. The molecule has 3 heteroatoms. The Kier molecular flexibility index (Phi) is 4.79. The molecule has 18 heavy (non-hydrogen) atoms. The maximum Gasteiger partial charge on any atom is 0.119 e. The van der Waals surface area contributed by atoms with Crippen LogP contribution in [-0.2, 0) is 13.1 Å². The van der Waals surface area contributed by atoms with Gasteiger partial charge < -0.3 is 10.1 Å². The van der Waals surface area contributed by atoms with E-state index >= 15 is 0 Å². The van der Waals surface area contributed by atoms with E-state index in [1.807, 2.05) is 19.1 Å². The Hall–Kier alpha value is -1.32. The van der Waals surface area contributed by atoms with Gasteiger partial charge in [-0.3, -0.25) is 0 Å². The third-order valence-electron chi connectivity index (χ3n) is 2.82. The van der Waals surface area contributed by atoms with E-state index in [0.29, 0.717) is 6.61 Å². The van der Waals surface area contributed by atoms with Crippen molar-refractivity contribution in [3.05, 3.63) is 51.7 Å². The highest BCUT2D eigenvalue weighted by Gasteiger charge is 2.00. The van der Waals surface area contributed by atoms with Crippen LogP contribution in [0.1, 0.15) is 23.6 Å². The van der Waals surface area contributed by atoms with Crippen LogP contribution in [0.4, 0.5) is 0 Å². The molecular weight excluding hydrogens is 242 g/mol. The van der Waals surface area contributed by atoms with E-state index < -0.39 is 0 Å². The van der Waals surface area contributed by atoms with Gasteiger partial charge in [0.25, 0.3) is 0 Å². The number of aryl methyl sites for hydroxylation is 1. The van der Waals surface area contributed by atoms with Gasteiger partial charge in [0, 0.05) is 13.1 Å². The molecule has 0 atom stereocenters. The van der Waals surface area contributed by atoms with Crippen molar-refractivity contribution in [2.75, 3.05) is 6.61 Å². The van der Waals surface area contributed by atoms with Gasteiger partial charge in [-0.2, -0.15) is 11.3 Å². The van der Waals surface area contributed by atoms with E-state index in [0.717, 1.165) is 18.8 Å². The first kappa shape index (κ1) is 13.1. The molecule has 0 aliphatic heterocycles. The standard InChI is InChI=1S/C15H19NOS/c1-3-17-15-6-4-5-13(7-15)8-16-9-14-11-18-10-12(14)2/h4-7,10-11,16H,3,8-9H2,1-2H3. The zero-order valence-electron chi connectivity index (χ0n) is 10.9. The molecular formula is C15H19NOS. The van der Waals surface area contributed by atoms with Crippen LogP contribution in [0, 0.1) is 6.92 Å². The molecule has 2 nitrogen and oxygen atoms in total. The summed E-state index contributed by atoms with van der Waals surface area (Å²) in [5.74, 6) is 0.948. The monoisotopic (exact) mass is 261 g/mol. The lowest BCUT2D eigenvalue weighted by Gasteiger charge is -2.07. The normalized spacial score (nSPS) is 10.6. The molecule has 0 unspecified atom stereocenters. The zero-order valence-corrected chi connectivity index (χ0v) is 11.7. The summed E-state index contributed by atoms with van der Waals surface area (Å²) in [4.78, 5) is 0. The van der Waals surface area contributed by atoms with Crippen LogP contribution in [0.2, 0.25) is 0 Å². The first-order valence-corrected chi connectivity index (χ1v) is 7.18. The number of benzene rings is 1. The fourth-order valence-corrected chi connectivity index (χ4v) is 2.68. The van der Waals surface area contributed by atoms with Crippen LogP contribution < -0.4 is 10.1 Å². The predicted octanol–water partition coefficient (Wildman–Crippen LogP) is 3.75. The number of hydrogen-bond donors (Lipinski definition) is 1. The van der Waals surface area contributed by atoms with E-state index in [1.54, 1.807) is 11.3 Å². The summed E-state index contributed by atoms with van der Waals surface area (Å²) >= 11 is 1.76. The van der Waals surface area contributed by atoms with Gasteiger partial charge in [-0.1, -0.05) is 12.1 Å². The van der Waals surface area contributed by atoms with E-state index in [4.69, 9.17) is 4.74 Å². The highest BCUT2D eigenvalue weighted by molar-refractivity contribution is 7.08. The minimum absolute atomic E-state index is 0.713. The third-order valence-corrected chi connectivity index (χ3v) is 3.73. The number of rotatable bonds is 6. The molecule has 0 saturated heterocycles. The molecule has 2 aromatic rings. The van der Waals surface area contributed by atoms with E-state index in [1.165, 1.54) is 16.7 Å². The first-order valence-electron chi connectivity index (χ1n) is 6.23. The Bertz CT molecular complexity index is 493. The summed E-state index contributed by atoms with van der Waals surface area (Å²) in [6, 6.07) is 8.25. The van der Waals surface area contributed by atoms with Gasteiger partial charge in [0.15, 0.2) is 0 Å². The van der Waals surface area contributed by atoms with Crippen molar-refractivity contribution in [1.82, 2.24) is 5.32 Å². The van der Waals surface area contributed by atoms with E-state index in [9.17, 15) is 0 Å². The molecule has 0 aliphatic rings. The summed E-state index contributed by atoms with van der Waals surface area (Å²) in [6.07, 6.45) is 0. The van der Waals surface area contributed by atoms with Crippen LogP contribution in [0.3, 0.4) is 0 Å². The lowest BCUT2D eigenvalue weighted by molar-refractivity contribution is 0.340. The number of thiophene rings is 1. The second kappa shape index (κ2) is 6.57. The smallest absolute Gasteiger partial charge is 0.119 e. The van der Waals surface area contributed by atoms with Crippen molar-refractivity contribution in [3.63, 3.8) is 0 Å². The molecule has 2 rings (SSSR count). The molecule has 1 heterocycles. The average molecular weight is 261 g/mol. The van der Waals surface area contributed by atoms with Crippen molar-refractivity contribution in [1.29, 1.82) is 0 Å². The van der Waals surface area contributed by atoms with Gasteiger partial charge in [0.05, 0.1) is 6.61 Å². The topological polar surface area (TPSA) is 21.3 Å². The van der Waals surface area contributed by atoms with Crippen molar-refractivity contribution in [2.45, 2.75) is 26.9 Å². The highest BCUT2D eigenvalue weighted by Crippen LogP contribution is 2.15. The van der Waals surface area contributed by atoms with Gasteiger partial charge >= 0.3 is 0 Å². The second-order valence-electron chi connectivity index (χ2n) is 4.26. The zero-order chi connectivity index (χ0) is 12.8. The van der Waals surface area contributed by atoms with Crippen LogP contribution in [0.15, 0.2) is 35.0 Å². The largest absolute Gasteiger partial charge is 0.494 e. The minimum atomic E-state index is 0.713. The first-order chi connectivity index (χ1) is 8.79. The molecule has 0 amide bonds. The maximum absolute atomic E-state index is 5.49. The Labute approximate surface area is 113 Å². The number of nitrogens with one attached hydrogen (secondary N) is 1. The van der Waals surface area contributed by atoms with Gasteiger partial charge in [0.2, 0.25) is 0 Å². The van der Waals surface area contributed by atoms with Gasteiger partial charge in [0.1, 0.15) is 5.75 Å². The lowest BCUT2D eigenvalue weighted by atomic mass is 10.2. The predicted molar refractivity (Wildman–Crippen MR) is 77.2 cm³/mol. The van der Waals surface area contributed by atoms with Crippen LogP contribution in [0.5, 0.6) is 5.75 Å². The molecule has 0 aliphatic carbocycles. The van der Waals surface area contributed by atoms with Crippen LogP contribution in [-0.4, -0.2) is 6.61 Å². The molecule has 1 N–H and O–H groups in total. The quantitative estimate of drug-likeness (QED) is 0.855. The van der Waals surface area contributed by atoms with E-state index in [-0.39, 0.29) is 0 Å². The molecule has 0 saturated carbocycles. The van der Waals surface area contributed by atoms with Gasteiger partial charge in [-0.15, -0.1) is 0 Å². The number of hydrogen-bond acceptors (Lipinski definition) is 3. The summed E-state index contributed by atoms with van der Waals surface area (Å²) < 4.78 is 5.49. The Morgan fingerprint density at radius 2 is 2.11 bits per heavy atom. The molecule has 1 aromatic carbocycles. The lowest BCUT2D eigenvalue weighted by Crippen LogP contribution is -2.12. The summed E-state index contributed by atoms with van der Waals surface area (Å²) in [6.45, 7) is 6.67. The van der Waals surface area contributed by atoms with Gasteiger partial charge in [-0.25, -0.2) is 0 Å². The molecule has 0 radical (unpaired) electrons. The second-order valence-corrected chi connectivity index (χ2v) is 5.01. The summed E-state index contributed by atoms with van der Waals surface area (Å²) in [5.41, 5.74) is 4.02. The molecule has 0 fully saturated rings. The van der Waals surface area contributed by atoms with Gasteiger partial charge in [-0.05, 0) is 53.4 Å². The van der Waals surface area contributed by atoms with Crippen molar-refractivity contribution in [2.24, 2.45) is 0 Å². The Morgan fingerprint density at radius 1 is 1.22 bits per heavy atom. The average Bonchev–Trinajstić information content (AvgIpc) is 2.76. The maximum atomic E-state index is 5.49. The van der Waals surface area contributed by atoms with Crippen LogP contribution in [0.25, 0.3) is 0 Å². The SMILES string of the molecule is CCOc1cccc(CNCc2cscc2C)c1. The Morgan fingerprint density at radius 3 is 2.83 bits per heavy atom. The third kappa shape index (κ3) is 3.59. The summed E-state index contributed by atoms with van der Waals surface area (Å²) in [7, 11) is 0. The Balaban J connectivity index is 1.86.